The van der Waals surface area contributed by atoms with Crippen LogP contribution in [0.4, 0.5) is 0 Å². The zero-order valence-corrected chi connectivity index (χ0v) is 13.2. The van der Waals surface area contributed by atoms with E-state index in [2.05, 4.69) is 5.32 Å². The molecule has 0 aliphatic carbocycles. The molecule has 0 spiro atoms. The van der Waals surface area contributed by atoms with Gasteiger partial charge in [-0.05, 0) is 36.4 Å². The normalized spacial score (nSPS) is 11.2. The van der Waals surface area contributed by atoms with Crippen LogP contribution in [0.25, 0.3) is 16.6 Å². The average Bonchev–Trinajstić information content (AvgIpc) is 3.28. The van der Waals surface area contributed by atoms with Gasteiger partial charge in [-0.3, -0.25) is 14.2 Å². The Bertz CT molecular complexity index is 1120. The van der Waals surface area contributed by atoms with Crippen LogP contribution in [0.15, 0.2) is 64.1 Å². The van der Waals surface area contributed by atoms with E-state index in [1.165, 1.54) is 16.9 Å². The van der Waals surface area contributed by atoms with Crippen molar-refractivity contribution in [1.82, 2.24) is 14.3 Å². The van der Waals surface area contributed by atoms with Crippen LogP contribution in [0.5, 0.6) is 5.75 Å². The van der Waals surface area contributed by atoms with E-state index in [1.807, 2.05) is 0 Å². The molecule has 0 radical (unpaired) electrons. The summed E-state index contributed by atoms with van der Waals surface area (Å²) in [7, 11) is 0. The molecule has 3 heterocycles. The molecule has 0 aliphatic rings. The standard InChI is InChI=1S/C18H15N3O4/c22-12-5-6-14-16(9-12)21(18(24)15-4-1-7-20(14)15)11-17(23)19-10-13-3-2-8-25-13/h1-9,22H,10-11H2,(H,19,23). The highest BCUT2D eigenvalue weighted by Crippen LogP contribution is 2.20. The van der Waals surface area contributed by atoms with Crippen molar-refractivity contribution in [3.8, 4) is 5.75 Å². The lowest BCUT2D eigenvalue weighted by molar-refractivity contribution is -0.121. The van der Waals surface area contributed by atoms with E-state index in [9.17, 15) is 14.7 Å². The Hall–Kier alpha value is -3.48. The van der Waals surface area contributed by atoms with E-state index in [1.54, 1.807) is 47.0 Å². The molecule has 2 N–H and O–H groups in total. The maximum absolute atomic E-state index is 12.7. The van der Waals surface area contributed by atoms with Gasteiger partial charge in [0.15, 0.2) is 0 Å². The lowest BCUT2D eigenvalue weighted by atomic mass is 10.2. The fraction of sp³-hybridized carbons (Fsp3) is 0.111. The zero-order valence-electron chi connectivity index (χ0n) is 13.2. The van der Waals surface area contributed by atoms with Gasteiger partial charge in [0.1, 0.15) is 23.6 Å². The molecule has 0 fully saturated rings. The van der Waals surface area contributed by atoms with Gasteiger partial charge in [0.2, 0.25) is 5.91 Å². The van der Waals surface area contributed by atoms with Gasteiger partial charge < -0.3 is 19.2 Å². The Labute approximate surface area is 141 Å². The Balaban J connectivity index is 1.74. The third kappa shape index (κ3) is 2.65. The van der Waals surface area contributed by atoms with Crippen LogP contribution < -0.4 is 10.9 Å². The minimum Gasteiger partial charge on any atom is -0.508 e. The van der Waals surface area contributed by atoms with Gasteiger partial charge in [-0.1, -0.05) is 0 Å². The van der Waals surface area contributed by atoms with Gasteiger partial charge in [-0.2, -0.15) is 0 Å². The maximum Gasteiger partial charge on any atom is 0.275 e. The second-order valence-electron chi connectivity index (χ2n) is 5.68. The molecule has 3 aromatic heterocycles. The first-order valence-electron chi connectivity index (χ1n) is 7.75. The van der Waals surface area contributed by atoms with Crippen LogP contribution in [0.2, 0.25) is 0 Å². The number of carbonyl (C=O) groups is 1. The first-order chi connectivity index (χ1) is 12.1. The molecule has 4 aromatic rings. The molecule has 0 unspecified atom stereocenters. The molecular formula is C18H15N3O4. The van der Waals surface area contributed by atoms with Crippen LogP contribution in [0.3, 0.4) is 0 Å². The number of benzene rings is 1. The first kappa shape index (κ1) is 15.1. The van der Waals surface area contributed by atoms with Gasteiger partial charge in [-0.25, -0.2) is 0 Å². The smallest absolute Gasteiger partial charge is 0.275 e. The summed E-state index contributed by atoms with van der Waals surface area (Å²) in [5.41, 5.74) is 1.39. The average molecular weight is 337 g/mol. The lowest BCUT2D eigenvalue weighted by Crippen LogP contribution is -2.32. The van der Waals surface area contributed by atoms with Crippen molar-refractivity contribution in [3.63, 3.8) is 0 Å². The molecule has 25 heavy (non-hydrogen) atoms. The fourth-order valence-corrected chi connectivity index (χ4v) is 2.90. The number of rotatable bonds is 4. The molecule has 7 nitrogen and oxygen atoms in total. The molecule has 7 heteroatoms. The summed E-state index contributed by atoms with van der Waals surface area (Å²) in [6.45, 7) is 0.0955. The summed E-state index contributed by atoms with van der Waals surface area (Å²) in [5.74, 6) is 0.340. The van der Waals surface area contributed by atoms with E-state index in [0.29, 0.717) is 16.8 Å². The summed E-state index contributed by atoms with van der Waals surface area (Å²) < 4.78 is 8.28. The van der Waals surface area contributed by atoms with Crippen molar-refractivity contribution in [3.05, 3.63) is 71.0 Å². The van der Waals surface area contributed by atoms with Crippen molar-refractivity contribution in [2.75, 3.05) is 0 Å². The molecule has 126 valence electrons. The molecule has 0 saturated heterocycles. The van der Waals surface area contributed by atoms with Crippen LogP contribution in [0.1, 0.15) is 5.76 Å². The molecule has 0 atom stereocenters. The van der Waals surface area contributed by atoms with Gasteiger partial charge >= 0.3 is 0 Å². The van der Waals surface area contributed by atoms with Gasteiger partial charge in [0.05, 0.1) is 23.8 Å². The van der Waals surface area contributed by atoms with Gasteiger partial charge in [0.25, 0.3) is 5.56 Å². The van der Waals surface area contributed by atoms with Crippen LogP contribution in [-0.4, -0.2) is 20.0 Å². The number of fused-ring (bicyclic) bond motifs is 3. The minimum atomic E-state index is -0.320. The quantitative estimate of drug-likeness (QED) is 0.595. The number of carbonyl (C=O) groups excluding carboxylic acids is 1. The SMILES string of the molecule is O=C(Cn1c(=O)c2cccn2c2ccc(O)cc21)NCc1ccco1. The number of aromatic nitrogens is 2. The highest BCUT2D eigenvalue weighted by atomic mass is 16.3. The fourth-order valence-electron chi connectivity index (χ4n) is 2.90. The van der Waals surface area contributed by atoms with Crippen molar-refractivity contribution in [2.24, 2.45) is 0 Å². The Morgan fingerprint density at radius 2 is 2.00 bits per heavy atom. The summed E-state index contributed by atoms with van der Waals surface area (Å²) in [6, 6.07) is 11.7. The number of amides is 1. The molecule has 0 aliphatic heterocycles. The number of hydrogen-bond acceptors (Lipinski definition) is 4. The minimum absolute atomic E-state index is 0.0307. The first-order valence-corrected chi connectivity index (χ1v) is 7.75. The molecule has 1 aromatic carbocycles. The van der Waals surface area contributed by atoms with E-state index in [4.69, 9.17) is 4.42 Å². The third-order valence-corrected chi connectivity index (χ3v) is 4.06. The Kier molecular flexibility index (Phi) is 3.53. The topological polar surface area (TPSA) is 88.9 Å². The Morgan fingerprint density at radius 1 is 1.12 bits per heavy atom. The number of hydrogen-bond donors (Lipinski definition) is 2. The number of phenolic OH excluding ortho intramolecular Hbond substituents is 1. The summed E-state index contributed by atoms with van der Waals surface area (Å²) in [4.78, 5) is 25.0. The van der Waals surface area contributed by atoms with Crippen molar-refractivity contribution < 1.29 is 14.3 Å². The number of furan rings is 1. The molecular weight excluding hydrogens is 322 g/mol. The molecule has 0 bridgehead atoms. The lowest BCUT2D eigenvalue weighted by Gasteiger charge is -2.13. The van der Waals surface area contributed by atoms with Crippen LogP contribution >= 0.6 is 0 Å². The van der Waals surface area contributed by atoms with Crippen LogP contribution in [0, 0.1) is 0 Å². The maximum atomic E-state index is 12.7. The zero-order chi connectivity index (χ0) is 17.4. The Morgan fingerprint density at radius 3 is 2.80 bits per heavy atom. The predicted molar refractivity (Wildman–Crippen MR) is 91.4 cm³/mol. The number of phenols is 1. The monoisotopic (exact) mass is 337 g/mol. The third-order valence-electron chi connectivity index (χ3n) is 4.06. The van der Waals surface area contributed by atoms with E-state index >= 15 is 0 Å². The van der Waals surface area contributed by atoms with Gasteiger partial charge in [0, 0.05) is 12.3 Å². The molecule has 4 rings (SSSR count). The highest BCUT2D eigenvalue weighted by molar-refractivity contribution is 5.83. The predicted octanol–water partition coefficient (Wildman–Crippen LogP) is 1.87. The van der Waals surface area contributed by atoms with Crippen LogP contribution in [-0.2, 0) is 17.9 Å². The molecule has 0 saturated carbocycles. The van der Waals surface area contributed by atoms with Crippen molar-refractivity contribution in [2.45, 2.75) is 13.1 Å². The van der Waals surface area contributed by atoms with E-state index in [-0.39, 0.29) is 30.3 Å². The number of nitrogens with zero attached hydrogens (tertiary/aromatic N) is 2. The van der Waals surface area contributed by atoms with Crippen molar-refractivity contribution >= 4 is 22.5 Å². The second kappa shape index (κ2) is 5.86. The summed E-state index contributed by atoms with van der Waals surface area (Å²) in [6.07, 6.45) is 3.31. The summed E-state index contributed by atoms with van der Waals surface area (Å²) in [5, 5.41) is 12.5. The second-order valence-corrected chi connectivity index (χ2v) is 5.68. The van der Waals surface area contributed by atoms with E-state index in [0.717, 1.165) is 5.52 Å². The number of aromatic hydroxyl groups is 1. The number of nitrogens with one attached hydrogen (secondary N) is 1. The molecule has 1 amide bonds. The van der Waals surface area contributed by atoms with Crippen molar-refractivity contribution in [1.29, 1.82) is 0 Å². The van der Waals surface area contributed by atoms with Gasteiger partial charge in [-0.15, -0.1) is 0 Å². The van der Waals surface area contributed by atoms with E-state index < -0.39 is 0 Å². The summed E-state index contributed by atoms with van der Waals surface area (Å²) >= 11 is 0. The highest BCUT2D eigenvalue weighted by Gasteiger charge is 2.14. The largest absolute Gasteiger partial charge is 0.508 e.